The Balaban J connectivity index is 2.01. The molecule has 118 valence electrons. The van der Waals surface area contributed by atoms with Gasteiger partial charge < -0.3 is 5.11 Å². The summed E-state index contributed by atoms with van der Waals surface area (Å²) in [5, 5.41) is 16.1. The third-order valence-electron chi connectivity index (χ3n) is 4.75. The second-order valence-corrected chi connectivity index (χ2v) is 6.20. The number of para-hydroxylation sites is 1. The maximum absolute atomic E-state index is 10.7. The Morgan fingerprint density at radius 3 is 2.04 bits per heavy atom. The zero-order valence-corrected chi connectivity index (χ0v) is 13.5. The van der Waals surface area contributed by atoms with Crippen LogP contribution in [0.1, 0.15) is 0 Å². The van der Waals surface area contributed by atoms with Gasteiger partial charge in [0, 0.05) is 10.8 Å². The summed E-state index contributed by atoms with van der Waals surface area (Å²) in [4.78, 5) is 4.92. The number of hydrogen-bond donors (Lipinski definition) is 1. The predicted octanol–water partition coefficient (Wildman–Crippen LogP) is 5.91. The molecule has 2 nitrogen and oxygen atoms in total. The molecule has 4 aromatic carbocycles. The van der Waals surface area contributed by atoms with E-state index in [4.69, 9.17) is 4.98 Å². The highest BCUT2D eigenvalue weighted by Gasteiger charge is 2.15. The molecule has 0 unspecified atom stereocenters. The van der Waals surface area contributed by atoms with Gasteiger partial charge in [0.1, 0.15) is 5.75 Å². The molecule has 0 atom stereocenters. The molecule has 2 heteroatoms. The van der Waals surface area contributed by atoms with Crippen LogP contribution in [0.5, 0.6) is 5.75 Å². The quantitative estimate of drug-likeness (QED) is 0.389. The maximum Gasteiger partial charge on any atom is 0.125 e. The second kappa shape index (κ2) is 5.32. The van der Waals surface area contributed by atoms with E-state index in [1.165, 1.54) is 0 Å². The Morgan fingerprint density at radius 1 is 0.560 bits per heavy atom. The summed E-state index contributed by atoms with van der Waals surface area (Å²) in [5.41, 5.74) is 2.55. The van der Waals surface area contributed by atoms with Crippen molar-refractivity contribution in [2.24, 2.45) is 0 Å². The fourth-order valence-electron chi connectivity index (χ4n) is 3.60. The predicted molar refractivity (Wildman–Crippen MR) is 104 cm³/mol. The third-order valence-corrected chi connectivity index (χ3v) is 4.75. The van der Waals surface area contributed by atoms with Crippen LogP contribution in [0, 0.1) is 0 Å². The van der Waals surface area contributed by atoms with Gasteiger partial charge in [-0.25, -0.2) is 4.98 Å². The standard InChI is InChI=1S/C23H15NO/c25-21-14-13-15-7-1-2-8-16(15)22(21)23-19-11-4-3-9-17(19)18-10-5-6-12-20(18)24-23/h1-14,25H. The zero-order chi connectivity index (χ0) is 16.8. The van der Waals surface area contributed by atoms with Crippen LogP contribution in [0.2, 0.25) is 0 Å². The molecule has 0 amide bonds. The first-order chi connectivity index (χ1) is 12.3. The molecular weight excluding hydrogens is 306 g/mol. The molecule has 1 N–H and O–H groups in total. The zero-order valence-electron chi connectivity index (χ0n) is 13.5. The van der Waals surface area contributed by atoms with Crippen molar-refractivity contribution in [3.8, 4) is 17.0 Å². The number of hydrogen-bond acceptors (Lipinski definition) is 2. The fourth-order valence-corrected chi connectivity index (χ4v) is 3.60. The number of rotatable bonds is 1. The average molecular weight is 321 g/mol. The van der Waals surface area contributed by atoms with E-state index in [0.29, 0.717) is 0 Å². The van der Waals surface area contributed by atoms with Gasteiger partial charge in [0.25, 0.3) is 0 Å². The molecule has 5 aromatic rings. The highest BCUT2D eigenvalue weighted by molar-refractivity contribution is 6.14. The molecule has 25 heavy (non-hydrogen) atoms. The molecule has 1 aromatic heterocycles. The molecule has 0 spiro atoms. The summed E-state index contributed by atoms with van der Waals surface area (Å²) < 4.78 is 0. The summed E-state index contributed by atoms with van der Waals surface area (Å²) in [7, 11) is 0. The topological polar surface area (TPSA) is 33.1 Å². The highest BCUT2D eigenvalue weighted by atomic mass is 16.3. The Morgan fingerprint density at radius 2 is 1.20 bits per heavy atom. The van der Waals surface area contributed by atoms with E-state index in [2.05, 4.69) is 24.3 Å². The SMILES string of the molecule is Oc1ccc2ccccc2c1-c1nc2ccccc2c2ccccc12. The molecular formula is C23H15NO. The van der Waals surface area contributed by atoms with Gasteiger partial charge >= 0.3 is 0 Å². The van der Waals surface area contributed by atoms with E-state index in [-0.39, 0.29) is 5.75 Å². The van der Waals surface area contributed by atoms with Crippen molar-refractivity contribution in [2.45, 2.75) is 0 Å². The number of phenols is 1. The molecule has 1 heterocycles. The van der Waals surface area contributed by atoms with Gasteiger partial charge in [0.05, 0.1) is 16.8 Å². The molecule has 0 aliphatic rings. The molecule has 5 rings (SSSR count). The van der Waals surface area contributed by atoms with Crippen molar-refractivity contribution in [3.05, 3.63) is 84.9 Å². The highest BCUT2D eigenvalue weighted by Crippen LogP contribution is 2.40. The first kappa shape index (κ1) is 14.0. The van der Waals surface area contributed by atoms with Crippen molar-refractivity contribution < 1.29 is 5.11 Å². The Bertz CT molecular complexity index is 1260. The fraction of sp³-hybridized carbons (Fsp3) is 0. The molecule has 0 aliphatic carbocycles. The second-order valence-electron chi connectivity index (χ2n) is 6.20. The van der Waals surface area contributed by atoms with Crippen LogP contribution in [0.15, 0.2) is 84.9 Å². The lowest BCUT2D eigenvalue weighted by molar-refractivity contribution is 0.478. The lowest BCUT2D eigenvalue weighted by Gasteiger charge is -2.13. The van der Waals surface area contributed by atoms with Gasteiger partial charge in [-0.3, -0.25) is 0 Å². The molecule has 0 saturated heterocycles. The number of phenolic OH excluding ortho intramolecular Hbond substituents is 1. The number of fused-ring (bicyclic) bond motifs is 4. The first-order valence-electron chi connectivity index (χ1n) is 8.31. The molecule has 0 radical (unpaired) electrons. The minimum atomic E-state index is 0.256. The van der Waals surface area contributed by atoms with Gasteiger partial charge in [-0.15, -0.1) is 0 Å². The van der Waals surface area contributed by atoms with E-state index in [1.54, 1.807) is 6.07 Å². The van der Waals surface area contributed by atoms with Crippen molar-refractivity contribution in [1.29, 1.82) is 0 Å². The van der Waals surface area contributed by atoms with Crippen molar-refractivity contribution in [3.63, 3.8) is 0 Å². The number of aromatic hydroxyl groups is 1. The summed E-state index contributed by atoms with van der Waals surface area (Å²) in [6, 6.07) is 28.2. The van der Waals surface area contributed by atoms with E-state index >= 15 is 0 Å². The van der Waals surface area contributed by atoms with Crippen molar-refractivity contribution >= 4 is 32.4 Å². The number of benzene rings is 4. The lowest BCUT2D eigenvalue weighted by atomic mass is 9.95. The van der Waals surface area contributed by atoms with Gasteiger partial charge in [0.15, 0.2) is 0 Å². The molecule has 0 saturated carbocycles. The largest absolute Gasteiger partial charge is 0.507 e. The van der Waals surface area contributed by atoms with Crippen molar-refractivity contribution in [2.75, 3.05) is 0 Å². The van der Waals surface area contributed by atoms with Crippen LogP contribution < -0.4 is 0 Å². The van der Waals surface area contributed by atoms with Gasteiger partial charge in [-0.05, 0) is 28.3 Å². The Labute approximate surface area is 145 Å². The summed E-state index contributed by atoms with van der Waals surface area (Å²) in [5.74, 6) is 0.256. The number of aromatic nitrogens is 1. The van der Waals surface area contributed by atoms with E-state index in [0.717, 1.165) is 43.7 Å². The first-order valence-corrected chi connectivity index (χ1v) is 8.31. The summed E-state index contributed by atoms with van der Waals surface area (Å²) in [6.07, 6.45) is 0. The minimum absolute atomic E-state index is 0.256. The number of pyridine rings is 1. The van der Waals surface area contributed by atoms with Crippen LogP contribution >= 0.6 is 0 Å². The third kappa shape index (κ3) is 2.08. The number of nitrogens with zero attached hydrogens (tertiary/aromatic N) is 1. The Kier molecular flexibility index (Phi) is 2.98. The van der Waals surface area contributed by atoms with E-state index < -0.39 is 0 Å². The monoisotopic (exact) mass is 321 g/mol. The van der Waals surface area contributed by atoms with E-state index in [1.807, 2.05) is 54.6 Å². The lowest BCUT2D eigenvalue weighted by Crippen LogP contribution is -1.91. The smallest absolute Gasteiger partial charge is 0.125 e. The van der Waals surface area contributed by atoms with Crippen LogP contribution in [-0.4, -0.2) is 10.1 Å². The maximum atomic E-state index is 10.7. The van der Waals surface area contributed by atoms with E-state index in [9.17, 15) is 5.11 Å². The Hall–Kier alpha value is -3.39. The normalized spacial score (nSPS) is 11.4. The summed E-state index contributed by atoms with van der Waals surface area (Å²) >= 11 is 0. The van der Waals surface area contributed by atoms with Crippen molar-refractivity contribution in [1.82, 2.24) is 4.98 Å². The van der Waals surface area contributed by atoms with Gasteiger partial charge in [-0.2, -0.15) is 0 Å². The van der Waals surface area contributed by atoms with Crippen LogP contribution in [0.25, 0.3) is 43.7 Å². The molecule has 0 fully saturated rings. The van der Waals surface area contributed by atoms with Gasteiger partial charge in [0.2, 0.25) is 0 Å². The van der Waals surface area contributed by atoms with Crippen LogP contribution in [-0.2, 0) is 0 Å². The average Bonchev–Trinajstić information content (AvgIpc) is 2.67. The molecule has 0 bridgehead atoms. The summed E-state index contributed by atoms with van der Waals surface area (Å²) in [6.45, 7) is 0. The van der Waals surface area contributed by atoms with Crippen LogP contribution in [0.4, 0.5) is 0 Å². The van der Waals surface area contributed by atoms with Crippen LogP contribution in [0.3, 0.4) is 0 Å². The molecule has 0 aliphatic heterocycles. The van der Waals surface area contributed by atoms with Gasteiger partial charge in [-0.1, -0.05) is 72.8 Å². The minimum Gasteiger partial charge on any atom is -0.507 e.